The molecule has 10 heteroatoms. The van der Waals surface area contributed by atoms with Crippen LogP contribution in [0.25, 0.3) is 22.0 Å². The number of aromatic hydroxyl groups is 1. The van der Waals surface area contributed by atoms with Crippen molar-refractivity contribution >= 4 is 22.7 Å². The lowest BCUT2D eigenvalue weighted by Crippen LogP contribution is -2.59. The van der Waals surface area contributed by atoms with Crippen molar-refractivity contribution in [2.24, 2.45) is 5.92 Å². The summed E-state index contributed by atoms with van der Waals surface area (Å²) in [5.74, 6) is 0.773. The van der Waals surface area contributed by atoms with Crippen LogP contribution in [0, 0.1) is 5.92 Å². The third kappa shape index (κ3) is 7.99. The number of aliphatic hydroxyl groups excluding tert-OH is 1. The third-order valence-electron chi connectivity index (χ3n) is 10.5. The Morgan fingerprint density at radius 3 is 2.52 bits per heavy atom. The van der Waals surface area contributed by atoms with Gasteiger partial charge in [-0.05, 0) is 104 Å². The van der Waals surface area contributed by atoms with Crippen LogP contribution < -0.4 is 20.5 Å². The van der Waals surface area contributed by atoms with Gasteiger partial charge in [0.2, 0.25) is 0 Å². The molecule has 3 saturated heterocycles. The molecule has 2 bridgehead atoms. The number of fused-ring (bicyclic) bond motifs is 4. The van der Waals surface area contributed by atoms with Crippen LogP contribution in [-0.2, 0) is 13.0 Å². The van der Waals surface area contributed by atoms with Gasteiger partial charge < -0.3 is 35.3 Å². The standard InChI is InChI=1S/C42H46N4O6/c47-39-24-35-34(13-7-14-36(35)44-41(39)49)40(48)26-43-25-29-9-6-12-32(22-29)52-21-5-4-8-28-15-16-33(30-10-2-1-3-11-30)37(23-28)46(42(50)51)38-27-45-19-17-31(38)18-20-45/h1-3,6-7,9-16,22-24,31,38,40,43,47-48H,4-5,8,17-21,25-27H2,(H,44,49)(H,50,51)/t38-,40-/m0/s1. The van der Waals surface area contributed by atoms with E-state index >= 15 is 0 Å². The molecule has 5 N–H and O–H groups in total. The van der Waals surface area contributed by atoms with Gasteiger partial charge in [-0.15, -0.1) is 0 Å². The molecular weight excluding hydrogens is 656 g/mol. The number of nitrogens with zero attached hydrogens (tertiary/aromatic N) is 2. The number of aliphatic hydroxyl groups is 1. The van der Waals surface area contributed by atoms with E-state index in [1.54, 1.807) is 23.1 Å². The highest BCUT2D eigenvalue weighted by Gasteiger charge is 2.40. The number of ether oxygens (including phenoxy) is 1. The SMILES string of the molecule is O=C(O)N(c1cc(CCCCOc2cccc(CNC[C@H](O)c3cccc4[nH]c(=O)c(O)cc34)c2)ccc1-c1ccccc1)[C@H]1CN2CCC1CC2. The summed E-state index contributed by atoms with van der Waals surface area (Å²) in [6.45, 7) is 4.25. The Balaban J connectivity index is 0.935. The normalized spacial score (nSPS) is 18.7. The Kier molecular flexibility index (Phi) is 10.9. The maximum Gasteiger partial charge on any atom is 0.412 e. The summed E-state index contributed by atoms with van der Waals surface area (Å²) in [6.07, 6.45) is 2.92. The van der Waals surface area contributed by atoms with E-state index in [1.165, 1.54) is 6.07 Å². The summed E-state index contributed by atoms with van der Waals surface area (Å²) in [7, 11) is 0. The second-order valence-corrected chi connectivity index (χ2v) is 14.0. The van der Waals surface area contributed by atoms with E-state index < -0.39 is 17.8 Å². The number of unbranched alkanes of at least 4 members (excludes halogenated alkanes) is 1. The molecule has 8 rings (SSSR count). The number of aromatic nitrogens is 1. The minimum Gasteiger partial charge on any atom is -0.503 e. The van der Waals surface area contributed by atoms with Crippen molar-refractivity contribution in [1.29, 1.82) is 0 Å². The van der Waals surface area contributed by atoms with Crippen LogP contribution in [0.5, 0.6) is 11.5 Å². The van der Waals surface area contributed by atoms with Gasteiger partial charge in [0.25, 0.3) is 5.56 Å². The number of amides is 1. The number of anilines is 1. The number of carbonyl (C=O) groups is 1. The number of carboxylic acid groups (broad SMARTS) is 1. The van der Waals surface area contributed by atoms with E-state index in [9.17, 15) is 24.9 Å². The molecule has 4 aromatic carbocycles. The third-order valence-corrected chi connectivity index (χ3v) is 10.5. The lowest BCUT2D eigenvalue weighted by molar-refractivity contribution is 0.0837. The highest BCUT2D eigenvalue weighted by molar-refractivity contribution is 5.94. The number of aryl methyl sites for hydroxylation is 1. The van der Waals surface area contributed by atoms with E-state index in [0.29, 0.717) is 35.5 Å². The maximum atomic E-state index is 12.9. The fourth-order valence-electron chi connectivity index (χ4n) is 7.81. The topological polar surface area (TPSA) is 138 Å². The quantitative estimate of drug-likeness (QED) is 0.0806. The molecular formula is C42H46N4O6. The number of hydrogen-bond acceptors (Lipinski definition) is 7. The summed E-state index contributed by atoms with van der Waals surface area (Å²) in [4.78, 5) is 31.4. The Morgan fingerprint density at radius 1 is 0.942 bits per heavy atom. The van der Waals surface area contributed by atoms with Crippen LogP contribution in [0.15, 0.2) is 102 Å². The van der Waals surface area contributed by atoms with Crippen LogP contribution in [-0.4, -0.2) is 70.1 Å². The number of rotatable bonds is 14. The molecule has 4 heterocycles. The molecule has 52 heavy (non-hydrogen) atoms. The highest BCUT2D eigenvalue weighted by atomic mass is 16.5. The molecule has 0 unspecified atom stereocenters. The Hall–Kier alpha value is -5.16. The van der Waals surface area contributed by atoms with Crippen molar-refractivity contribution < 1.29 is 24.9 Å². The molecule has 1 aromatic heterocycles. The van der Waals surface area contributed by atoms with Gasteiger partial charge in [0.1, 0.15) is 5.75 Å². The minimum absolute atomic E-state index is 0.0466. The number of pyridine rings is 1. The zero-order chi connectivity index (χ0) is 36.0. The molecule has 2 atom stereocenters. The molecule has 0 radical (unpaired) electrons. The van der Waals surface area contributed by atoms with Crippen LogP contribution >= 0.6 is 0 Å². The molecule has 5 aromatic rings. The van der Waals surface area contributed by atoms with Crippen molar-refractivity contribution in [3.63, 3.8) is 0 Å². The molecule has 3 fully saturated rings. The zero-order valence-corrected chi connectivity index (χ0v) is 29.2. The lowest BCUT2D eigenvalue weighted by atomic mass is 9.82. The Bertz CT molecular complexity index is 2060. The summed E-state index contributed by atoms with van der Waals surface area (Å²) in [6, 6.07) is 30.9. The highest BCUT2D eigenvalue weighted by Crippen LogP contribution is 2.39. The molecule has 0 spiro atoms. The number of H-pyrrole nitrogens is 1. The first kappa shape index (κ1) is 35.3. The predicted molar refractivity (Wildman–Crippen MR) is 203 cm³/mol. The predicted octanol–water partition coefficient (Wildman–Crippen LogP) is 6.70. The zero-order valence-electron chi connectivity index (χ0n) is 29.2. The van der Waals surface area contributed by atoms with Gasteiger partial charge in [0.15, 0.2) is 5.75 Å². The van der Waals surface area contributed by atoms with Crippen LogP contribution in [0.2, 0.25) is 0 Å². The van der Waals surface area contributed by atoms with Crippen LogP contribution in [0.3, 0.4) is 0 Å². The van der Waals surface area contributed by atoms with Crippen molar-refractivity contribution in [2.75, 3.05) is 37.7 Å². The van der Waals surface area contributed by atoms with Gasteiger partial charge in [-0.25, -0.2) is 4.79 Å². The van der Waals surface area contributed by atoms with E-state index in [0.717, 1.165) is 85.4 Å². The van der Waals surface area contributed by atoms with Gasteiger partial charge in [-0.2, -0.15) is 0 Å². The molecule has 3 aliphatic heterocycles. The van der Waals surface area contributed by atoms with Gasteiger partial charge in [0, 0.05) is 36.1 Å². The minimum atomic E-state index is -0.889. The van der Waals surface area contributed by atoms with E-state index in [2.05, 4.69) is 33.4 Å². The van der Waals surface area contributed by atoms with Gasteiger partial charge in [-0.1, -0.05) is 66.7 Å². The molecule has 3 aliphatic rings. The average molecular weight is 703 g/mol. The second kappa shape index (κ2) is 16.0. The van der Waals surface area contributed by atoms with Crippen molar-refractivity contribution in [2.45, 2.75) is 50.8 Å². The van der Waals surface area contributed by atoms with Gasteiger partial charge in [0.05, 0.1) is 24.4 Å². The number of hydrogen-bond donors (Lipinski definition) is 5. The first-order valence-corrected chi connectivity index (χ1v) is 18.2. The smallest absolute Gasteiger partial charge is 0.412 e. The largest absolute Gasteiger partial charge is 0.503 e. The van der Waals surface area contributed by atoms with Gasteiger partial charge in [-0.3, -0.25) is 9.69 Å². The average Bonchev–Trinajstić information content (AvgIpc) is 3.16. The number of nitrogens with one attached hydrogen (secondary N) is 2. The van der Waals surface area contributed by atoms with Crippen molar-refractivity contribution in [1.82, 2.24) is 15.2 Å². The number of piperidine rings is 3. The first-order valence-electron chi connectivity index (χ1n) is 18.2. The monoisotopic (exact) mass is 702 g/mol. The fraction of sp³-hybridized carbons (Fsp3) is 0.333. The Labute approximate surface area is 303 Å². The summed E-state index contributed by atoms with van der Waals surface area (Å²) in [5.41, 5.74) is 5.48. The number of aromatic amines is 1. The Morgan fingerprint density at radius 2 is 1.75 bits per heavy atom. The molecule has 270 valence electrons. The first-order chi connectivity index (χ1) is 25.3. The van der Waals surface area contributed by atoms with Crippen LogP contribution in [0.1, 0.15) is 48.5 Å². The maximum absolute atomic E-state index is 12.9. The van der Waals surface area contributed by atoms with Crippen molar-refractivity contribution in [3.05, 3.63) is 124 Å². The molecule has 1 amide bonds. The van der Waals surface area contributed by atoms with Crippen LogP contribution in [0.4, 0.5) is 10.5 Å². The second-order valence-electron chi connectivity index (χ2n) is 14.0. The number of benzene rings is 4. The summed E-state index contributed by atoms with van der Waals surface area (Å²) < 4.78 is 6.11. The van der Waals surface area contributed by atoms with E-state index in [4.69, 9.17) is 4.74 Å². The lowest BCUT2D eigenvalue weighted by Gasteiger charge is -2.48. The molecule has 10 nitrogen and oxygen atoms in total. The van der Waals surface area contributed by atoms with E-state index in [-0.39, 0.29) is 18.3 Å². The molecule has 0 saturated carbocycles. The molecule has 0 aliphatic carbocycles. The summed E-state index contributed by atoms with van der Waals surface area (Å²) >= 11 is 0. The van der Waals surface area contributed by atoms with Gasteiger partial charge >= 0.3 is 6.09 Å². The summed E-state index contributed by atoms with van der Waals surface area (Å²) in [5, 5.41) is 35.2. The van der Waals surface area contributed by atoms with Crippen molar-refractivity contribution in [3.8, 4) is 22.6 Å². The van der Waals surface area contributed by atoms with E-state index in [1.807, 2.05) is 54.6 Å². The fourth-order valence-corrected chi connectivity index (χ4v) is 7.81.